The van der Waals surface area contributed by atoms with Gasteiger partial charge in [0, 0.05) is 12.2 Å². The number of hydrogen-bond acceptors (Lipinski definition) is 3. The van der Waals surface area contributed by atoms with Crippen LogP contribution in [-0.4, -0.2) is 23.3 Å². The van der Waals surface area contributed by atoms with Gasteiger partial charge in [-0.1, -0.05) is 0 Å². The van der Waals surface area contributed by atoms with Crippen molar-refractivity contribution in [2.75, 3.05) is 6.61 Å². The normalized spacial score (nSPS) is 16.2. The van der Waals surface area contributed by atoms with Crippen molar-refractivity contribution in [1.82, 2.24) is 0 Å². The molecule has 0 aromatic carbocycles. The summed E-state index contributed by atoms with van der Waals surface area (Å²) in [7, 11) is 0. The monoisotopic (exact) mass is 180 g/mol. The van der Waals surface area contributed by atoms with Crippen LogP contribution in [0, 0.1) is 0 Å². The molecule has 0 amide bonds. The number of aliphatic hydroxyl groups excluding tert-OH is 1. The summed E-state index contributed by atoms with van der Waals surface area (Å²) in [4.78, 5) is 22.1. The maximum absolute atomic E-state index is 11.2. The minimum Gasteiger partial charge on any atom is -0.396 e. The van der Waals surface area contributed by atoms with Crippen molar-refractivity contribution in [3.8, 4) is 0 Å². The first-order valence-electron chi connectivity index (χ1n) is 4.32. The zero-order valence-electron chi connectivity index (χ0n) is 7.32. The van der Waals surface area contributed by atoms with Crippen LogP contribution in [0.25, 0.3) is 0 Å². The van der Waals surface area contributed by atoms with E-state index in [9.17, 15) is 9.59 Å². The molecule has 0 saturated heterocycles. The molecule has 0 saturated carbocycles. The molecule has 1 aliphatic rings. The predicted molar refractivity (Wildman–Crippen MR) is 48.2 cm³/mol. The van der Waals surface area contributed by atoms with Crippen LogP contribution in [0.2, 0.25) is 0 Å². The van der Waals surface area contributed by atoms with Crippen molar-refractivity contribution < 1.29 is 14.7 Å². The van der Waals surface area contributed by atoms with E-state index >= 15 is 0 Å². The summed E-state index contributed by atoms with van der Waals surface area (Å²) in [5.41, 5.74) is 0.556. The van der Waals surface area contributed by atoms with Crippen molar-refractivity contribution in [1.29, 1.82) is 0 Å². The average Bonchev–Trinajstić information content (AvgIpc) is 2.11. The second kappa shape index (κ2) is 4.72. The Morgan fingerprint density at radius 1 is 1.15 bits per heavy atom. The Bertz CT molecular complexity index is 274. The minimum absolute atomic E-state index is 0.0856. The lowest BCUT2D eigenvalue weighted by molar-refractivity contribution is -0.114. The first-order chi connectivity index (χ1) is 6.24. The molecule has 0 heterocycles. The molecule has 0 bridgehead atoms. The van der Waals surface area contributed by atoms with E-state index in [1.54, 1.807) is 0 Å². The van der Waals surface area contributed by atoms with Gasteiger partial charge in [-0.15, -0.1) is 0 Å². The van der Waals surface area contributed by atoms with Gasteiger partial charge in [-0.25, -0.2) is 0 Å². The summed E-state index contributed by atoms with van der Waals surface area (Å²) in [5.74, 6) is -0.212. The highest BCUT2D eigenvalue weighted by molar-refractivity contribution is 6.17. The first-order valence-corrected chi connectivity index (χ1v) is 4.32. The molecule has 0 radical (unpaired) electrons. The van der Waals surface area contributed by atoms with E-state index in [1.165, 1.54) is 18.2 Å². The summed E-state index contributed by atoms with van der Waals surface area (Å²) in [6.07, 6.45) is 5.95. The second-order valence-corrected chi connectivity index (χ2v) is 2.95. The van der Waals surface area contributed by atoms with Crippen LogP contribution in [0.5, 0.6) is 0 Å². The van der Waals surface area contributed by atoms with E-state index in [1.807, 2.05) is 0 Å². The van der Waals surface area contributed by atoms with Crippen LogP contribution < -0.4 is 0 Å². The lowest BCUT2D eigenvalue weighted by atomic mass is 9.99. The highest BCUT2D eigenvalue weighted by atomic mass is 16.2. The Balaban J connectivity index is 2.48. The maximum Gasteiger partial charge on any atom is 0.182 e. The van der Waals surface area contributed by atoms with Crippen LogP contribution in [0.4, 0.5) is 0 Å². The van der Waals surface area contributed by atoms with Crippen LogP contribution in [-0.2, 0) is 9.59 Å². The molecule has 1 N–H and O–H groups in total. The standard InChI is InChI=1S/C10H12O3/c11-6-2-1-3-8-7-9(12)4-5-10(8)13/h4-5,7,11H,1-3,6H2. The summed E-state index contributed by atoms with van der Waals surface area (Å²) < 4.78 is 0. The van der Waals surface area contributed by atoms with E-state index < -0.39 is 0 Å². The van der Waals surface area contributed by atoms with Gasteiger partial charge in [0.2, 0.25) is 0 Å². The van der Waals surface area contributed by atoms with Gasteiger partial charge in [0.1, 0.15) is 0 Å². The van der Waals surface area contributed by atoms with Gasteiger partial charge in [0.25, 0.3) is 0 Å². The quantitative estimate of drug-likeness (QED) is 0.514. The van der Waals surface area contributed by atoms with Crippen molar-refractivity contribution in [3.05, 3.63) is 23.8 Å². The Kier molecular flexibility index (Phi) is 3.58. The fourth-order valence-corrected chi connectivity index (χ4v) is 1.18. The summed E-state index contributed by atoms with van der Waals surface area (Å²) in [6.45, 7) is 0.130. The minimum atomic E-state index is -0.126. The van der Waals surface area contributed by atoms with Gasteiger partial charge in [-0.3, -0.25) is 9.59 Å². The fraction of sp³-hybridized carbons (Fsp3) is 0.400. The van der Waals surface area contributed by atoms with Gasteiger partial charge in [0.05, 0.1) is 0 Å². The lowest BCUT2D eigenvalue weighted by Gasteiger charge is -2.05. The smallest absolute Gasteiger partial charge is 0.182 e. The molecule has 13 heavy (non-hydrogen) atoms. The van der Waals surface area contributed by atoms with E-state index in [0.29, 0.717) is 18.4 Å². The number of allylic oxidation sites excluding steroid dienone is 4. The van der Waals surface area contributed by atoms with Gasteiger partial charge < -0.3 is 5.11 Å². The molecule has 3 heteroatoms. The summed E-state index contributed by atoms with van der Waals surface area (Å²) in [6, 6.07) is 0. The van der Waals surface area contributed by atoms with Crippen LogP contribution in [0.3, 0.4) is 0 Å². The Hall–Kier alpha value is -1.22. The van der Waals surface area contributed by atoms with Gasteiger partial charge in [-0.2, -0.15) is 0 Å². The molecule has 1 aliphatic carbocycles. The Morgan fingerprint density at radius 3 is 2.62 bits per heavy atom. The number of carbonyl (C=O) groups excluding carboxylic acids is 2. The lowest BCUT2D eigenvalue weighted by Crippen LogP contribution is -2.07. The van der Waals surface area contributed by atoms with E-state index in [2.05, 4.69) is 0 Å². The number of rotatable bonds is 4. The molecule has 0 atom stereocenters. The number of carbonyl (C=O) groups is 2. The van der Waals surface area contributed by atoms with Crippen molar-refractivity contribution in [2.24, 2.45) is 0 Å². The molecule has 0 aliphatic heterocycles. The van der Waals surface area contributed by atoms with Gasteiger partial charge in [0.15, 0.2) is 11.6 Å². The van der Waals surface area contributed by atoms with Crippen LogP contribution in [0.15, 0.2) is 23.8 Å². The van der Waals surface area contributed by atoms with Crippen molar-refractivity contribution >= 4 is 11.6 Å². The SMILES string of the molecule is O=C1C=CC(=O)C(CCCCO)=C1. The number of aliphatic hydroxyl groups is 1. The van der Waals surface area contributed by atoms with E-state index in [-0.39, 0.29) is 18.2 Å². The molecule has 0 aromatic rings. The number of hydrogen-bond donors (Lipinski definition) is 1. The topological polar surface area (TPSA) is 54.4 Å². The molecule has 1 rings (SSSR count). The van der Waals surface area contributed by atoms with Crippen molar-refractivity contribution in [3.63, 3.8) is 0 Å². The second-order valence-electron chi connectivity index (χ2n) is 2.95. The predicted octanol–water partition coefficient (Wildman–Crippen LogP) is 0.783. The molecular formula is C10H12O3. The number of unbranched alkanes of at least 4 members (excludes halogenated alkanes) is 1. The molecule has 3 nitrogen and oxygen atoms in total. The van der Waals surface area contributed by atoms with Gasteiger partial charge in [-0.05, 0) is 37.5 Å². The summed E-state index contributed by atoms with van der Waals surface area (Å²) >= 11 is 0. The molecule has 70 valence electrons. The molecule has 0 aromatic heterocycles. The third kappa shape index (κ3) is 2.95. The molecule has 0 spiro atoms. The Labute approximate surface area is 76.8 Å². The highest BCUT2D eigenvalue weighted by Crippen LogP contribution is 2.12. The third-order valence-corrected chi connectivity index (χ3v) is 1.89. The van der Waals surface area contributed by atoms with E-state index in [0.717, 1.165) is 6.42 Å². The first kappa shape index (κ1) is 9.86. The summed E-state index contributed by atoms with van der Waals surface area (Å²) in [5, 5.41) is 8.53. The largest absolute Gasteiger partial charge is 0.396 e. The molecule has 0 unspecified atom stereocenters. The maximum atomic E-state index is 11.2. The van der Waals surface area contributed by atoms with Gasteiger partial charge >= 0.3 is 0 Å². The molecule has 0 fully saturated rings. The third-order valence-electron chi connectivity index (χ3n) is 1.89. The zero-order valence-corrected chi connectivity index (χ0v) is 7.32. The average molecular weight is 180 g/mol. The van der Waals surface area contributed by atoms with Crippen LogP contribution >= 0.6 is 0 Å². The highest BCUT2D eigenvalue weighted by Gasteiger charge is 2.11. The Morgan fingerprint density at radius 2 is 1.92 bits per heavy atom. The van der Waals surface area contributed by atoms with E-state index in [4.69, 9.17) is 5.11 Å². The number of ketones is 2. The van der Waals surface area contributed by atoms with Crippen LogP contribution in [0.1, 0.15) is 19.3 Å². The fourth-order valence-electron chi connectivity index (χ4n) is 1.18. The molecular weight excluding hydrogens is 168 g/mol. The zero-order chi connectivity index (χ0) is 9.68. The van der Waals surface area contributed by atoms with Crippen molar-refractivity contribution in [2.45, 2.75) is 19.3 Å².